The molecule has 94 valence electrons. The van der Waals surface area contributed by atoms with E-state index in [-0.39, 0.29) is 11.5 Å². The van der Waals surface area contributed by atoms with Crippen LogP contribution in [-0.4, -0.2) is 11.5 Å². The molecule has 0 bridgehead atoms. The van der Waals surface area contributed by atoms with E-state index in [0.29, 0.717) is 5.69 Å². The van der Waals surface area contributed by atoms with Gasteiger partial charge < -0.3 is 5.73 Å². The molecule has 4 N–H and O–H groups in total. The van der Waals surface area contributed by atoms with Crippen LogP contribution in [0.15, 0.2) is 20.1 Å². The third kappa shape index (κ3) is 3.09. The van der Waals surface area contributed by atoms with Crippen molar-refractivity contribution in [3.63, 3.8) is 0 Å². The molecule has 0 saturated carbocycles. The standard InChI is InChI=1S/C11H11Br2N5/c1-5-3-7(12)10(9(13)6(5)2)18-17-8(4-14)11(15)16/h3,18H,1-2H3,(H3,15,16)/b17-8+. The molecule has 7 heteroatoms. The van der Waals surface area contributed by atoms with E-state index >= 15 is 0 Å². The Labute approximate surface area is 122 Å². The molecule has 0 atom stereocenters. The molecule has 0 aliphatic carbocycles. The number of nitrogens with one attached hydrogen (secondary N) is 2. The third-order valence-corrected chi connectivity index (χ3v) is 3.98. The van der Waals surface area contributed by atoms with E-state index in [2.05, 4.69) is 42.4 Å². The highest BCUT2D eigenvalue weighted by Crippen LogP contribution is 2.35. The van der Waals surface area contributed by atoms with E-state index in [4.69, 9.17) is 16.4 Å². The van der Waals surface area contributed by atoms with Gasteiger partial charge in [0.25, 0.3) is 0 Å². The Balaban J connectivity index is 3.18. The lowest BCUT2D eigenvalue weighted by molar-refractivity contribution is 1.25. The van der Waals surface area contributed by atoms with Crippen molar-refractivity contribution < 1.29 is 0 Å². The maximum Gasteiger partial charge on any atom is 0.201 e. The van der Waals surface area contributed by atoms with Crippen LogP contribution < -0.4 is 11.2 Å². The SMILES string of the molecule is Cc1cc(Br)c(N/N=C(\C#N)C(=N)N)c(Br)c1C. The minimum atomic E-state index is -0.374. The first-order valence-electron chi connectivity index (χ1n) is 4.91. The van der Waals surface area contributed by atoms with E-state index in [1.54, 1.807) is 6.07 Å². The quantitative estimate of drug-likeness (QED) is 0.432. The normalized spacial score (nSPS) is 10.9. The summed E-state index contributed by atoms with van der Waals surface area (Å²) < 4.78 is 1.65. The number of anilines is 1. The first-order valence-corrected chi connectivity index (χ1v) is 6.50. The fourth-order valence-corrected chi connectivity index (χ4v) is 2.71. The molecule has 0 amide bonds. The molecule has 0 spiro atoms. The number of halogens is 2. The first-order chi connectivity index (χ1) is 8.38. The zero-order valence-corrected chi connectivity index (χ0v) is 13.0. The molecule has 0 fully saturated rings. The molecule has 5 nitrogen and oxygen atoms in total. The van der Waals surface area contributed by atoms with Gasteiger partial charge in [-0.3, -0.25) is 10.8 Å². The first kappa shape index (κ1) is 14.7. The molecule has 0 radical (unpaired) electrons. The van der Waals surface area contributed by atoms with Crippen molar-refractivity contribution in [3.8, 4) is 6.07 Å². The van der Waals surface area contributed by atoms with E-state index in [9.17, 15) is 0 Å². The minimum Gasteiger partial charge on any atom is -0.382 e. The largest absolute Gasteiger partial charge is 0.382 e. The lowest BCUT2D eigenvalue weighted by Gasteiger charge is -2.11. The summed E-state index contributed by atoms with van der Waals surface area (Å²) in [5.74, 6) is -0.374. The summed E-state index contributed by atoms with van der Waals surface area (Å²) in [7, 11) is 0. The van der Waals surface area contributed by atoms with Gasteiger partial charge in [-0.05, 0) is 62.9 Å². The van der Waals surface area contributed by atoms with Crippen molar-refractivity contribution in [1.82, 2.24) is 0 Å². The summed E-state index contributed by atoms with van der Waals surface area (Å²) >= 11 is 6.87. The summed E-state index contributed by atoms with van der Waals surface area (Å²) in [4.78, 5) is 0. The fraction of sp³-hybridized carbons (Fsp3) is 0.182. The number of hydrogen-bond donors (Lipinski definition) is 3. The Morgan fingerprint density at radius 2 is 2.11 bits per heavy atom. The fourth-order valence-electron chi connectivity index (χ4n) is 1.20. The second-order valence-corrected chi connectivity index (χ2v) is 5.23. The van der Waals surface area contributed by atoms with Crippen molar-refractivity contribution in [1.29, 1.82) is 10.7 Å². The molecule has 18 heavy (non-hydrogen) atoms. The number of nitrogens with two attached hydrogens (primary N) is 1. The zero-order valence-electron chi connectivity index (χ0n) is 9.81. The van der Waals surface area contributed by atoms with Crippen LogP contribution in [0.25, 0.3) is 0 Å². The molecule has 0 aliphatic rings. The molecule has 0 aromatic heterocycles. The molecule has 0 unspecified atom stereocenters. The van der Waals surface area contributed by atoms with Crippen LogP contribution >= 0.6 is 31.9 Å². The number of hydrazone groups is 1. The van der Waals surface area contributed by atoms with Gasteiger partial charge in [0.2, 0.25) is 5.71 Å². The van der Waals surface area contributed by atoms with Gasteiger partial charge >= 0.3 is 0 Å². The van der Waals surface area contributed by atoms with Crippen LogP contribution in [0.2, 0.25) is 0 Å². The van der Waals surface area contributed by atoms with E-state index in [0.717, 1.165) is 20.1 Å². The molecule has 0 aliphatic heterocycles. The van der Waals surface area contributed by atoms with Gasteiger partial charge in [0, 0.05) is 8.95 Å². The maximum absolute atomic E-state index is 8.75. The van der Waals surface area contributed by atoms with Crippen molar-refractivity contribution in [2.24, 2.45) is 10.8 Å². The number of nitriles is 1. The van der Waals surface area contributed by atoms with Crippen LogP contribution in [0.3, 0.4) is 0 Å². The number of nitrogens with zero attached hydrogens (tertiary/aromatic N) is 2. The Bertz CT molecular complexity index is 572. The van der Waals surface area contributed by atoms with E-state index in [1.165, 1.54) is 0 Å². The lowest BCUT2D eigenvalue weighted by Crippen LogP contribution is -2.22. The molecule has 1 aromatic rings. The summed E-state index contributed by atoms with van der Waals surface area (Å²) in [5.41, 5.74) is 10.7. The van der Waals surface area contributed by atoms with Gasteiger partial charge in [0.15, 0.2) is 5.84 Å². The van der Waals surface area contributed by atoms with Crippen LogP contribution in [-0.2, 0) is 0 Å². The monoisotopic (exact) mass is 371 g/mol. The maximum atomic E-state index is 8.75. The van der Waals surface area contributed by atoms with Crippen molar-refractivity contribution in [3.05, 3.63) is 26.1 Å². The van der Waals surface area contributed by atoms with Gasteiger partial charge in [-0.2, -0.15) is 10.4 Å². The van der Waals surface area contributed by atoms with Gasteiger partial charge in [-0.15, -0.1) is 0 Å². The second kappa shape index (κ2) is 5.98. The number of aryl methyl sites for hydroxylation is 1. The van der Waals surface area contributed by atoms with Crippen LogP contribution in [0.1, 0.15) is 11.1 Å². The van der Waals surface area contributed by atoms with Crippen molar-refractivity contribution >= 4 is 49.1 Å². The number of amidine groups is 1. The van der Waals surface area contributed by atoms with Crippen LogP contribution in [0, 0.1) is 30.6 Å². The number of hydrogen-bond acceptors (Lipinski definition) is 4. The zero-order chi connectivity index (χ0) is 13.9. The summed E-state index contributed by atoms with van der Waals surface area (Å²) in [6.45, 7) is 3.96. The third-order valence-electron chi connectivity index (χ3n) is 2.36. The summed E-state index contributed by atoms with van der Waals surface area (Å²) in [6, 6.07) is 3.69. The van der Waals surface area contributed by atoms with Crippen LogP contribution in [0.5, 0.6) is 0 Å². The second-order valence-electron chi connectivity index (χ2n) is 3.59. The molecule has 1 aromatic carbocycles. The highest BCUT2D eigenvalue weighted by molar-refractivity contribution is 9.11. The van der Waals surface area contributed by atoms with Crippen molar-refractivity contribution in [2.45, 2.75) is 13.8 Å². The van der Waals surface area contributed by atoms with E-state index in [1.807, 2.05) is 19.9 Å². The highest BCUT2D eigenvalue weighted by atomic mass is 79.9. The minimum absolute atomic E-state index is 0.160. The Morgan fingerprint density at radius 1 is 1.50 bits per heavy atom. The molecular formula is C11H11Br2N5. The van der Waals surface area contributed by atoms with Gasteiger partial charge in [-0.1, -0.05) is 0 Å². The Kier molecular flexibility index (Phi) is 4.87. The smallest absolute Gasteiger partial charge is 0.201 e. The van der Waals surface area contributed by atoms with E-state index < -0.39 is 0 Å². The van der Waals surface area contributed by atoms with Gasteiger partial charge in [0.05, 0.1) is 5.69 Å². The topological polar surface area (TPSA) is 98.0 Å². The van der Waals surface area contributed by atoms with Crippen LogP contribution in [0.4, 0.5) is 5.69 Å². The Morgan fingerprint density at radius 3 is 2.61 bits per heavy atom. The lowest BCUT2D eigenvalue weighted by atomic mass is 10.1. The average molecular weight is 373 g/mol. The van der Waals surface area contributed by atoms with Gasteiger partial charge in [0.1, 0.15) is 6.07 Å². The predicted molar refractivity (Wildman–Crippen MR) is 79.9 cm³/mol. The predicted octanol–water partition coefficient (Wildman–Crippen LogP) is 3.06. The molecule has 0 heterocycles. The highest BCUT2D eigenvalue weighted by Gasteiger charge is 2.10. The van der Waals surface area contributed by atoms with Crippen molar-refractivity contribution in [2.75, 3.05) is 5.43 Å². The molecular weight excluding hydrogens is 362 g/mol. The molecule has 1 rings (SSSR count). The Hall–Kier alpha value is -1.39. The summed E-state index contributed by atoms with van der Waals surface area (Å²) in [5, 5.41) is 19.7. The number of benzene rings is 1. The average Bonchev–Trinajstić information content (AvgIpc) is 2.30. The van der Waals surface area contributed by atoms with Gasteiger partial charge in [-0.25, -0.2) is 0 Å². The number of rotatable bonds is 3. The summed E-state index contributed by atoms with van der Waals surface area (Å²) in [6.07, 6.45) is 0. The molecule has 0 saturated heterocycles.